The van der Waals surface area contributed by atoms with Crippen molar-refractivity contribution in [2.45, 2.75) is 33.7 Å². The molecule has 1 saturated heterocycles. The number of Topliss-reactive ketones (excluding diaryl/α,β-unsaturated/α-hetero) is 1. The first-order valence-electron chi connectivity index (χ1n) is 9.48. The second-order valence-corrected chi connectivity index (χ2v) is 8.94. The van der Waals surface area contributed by atoms with Crippen LogP contribution < -0.4 is 4.74 Å². The van der Waals surface area contributed by atoms with Crippen LogP contribution in [0.4, 0.5) is 0 Å². The average Bonchev–Trinajstić information content (AvgIpc) is 3.14. The van der Waals surface area contributed by atoms with Crippen molar-refractivity contribution >= 4 is 23.2 Å². The molecule has 2 atom stereocenters. The van der Waals surface area contributed by atoms with Gasteiger partial charge in [0.15, 0.2) is 5.76 Å². The van der Waals surface area contributed by atoms with Gasteiger partial charge in [0.1, 0.15) is 11.5 Å². The van der Waals surface area contributed by atoms with Crippen molar-refractivity contribution < 1.29 is 14.6 Å². The number of benzene rings is 1. The maximum absolute atomic E-state index is 12.8. The molecule has 27 heavy (non-hydrogen) atoms. The Morgan fingerprint density at radius 1 is 1.26 bits per heavy atom. The summed E-state index contributed by atoms with van der Waals surface area (Å²) in [5, 5.41) is 12.5. The van der Waals surface area contributed by atoms with Gasteiger partial charge in [0.05, 0.1) is 11.1 Å². The van der Waals surface area contributed by atoms with E-state index in [0.717, 1.165) is 23.5 Å². The Morgan fingerprint density at radius 2 is 2.00 bits per heavy atom. The molecule has 1 aromatic heterocycles. The third-order valence-corrected chi connectivity index (χ3v) is 6.37. The van der Waals surface area contributed by atoms with Crippen molar-refractivity contribution in [3.63, 3.8) is 0 Å². The fraction of sp³-hybridized carbons (Fsp3) is 0.409. The van der Waals surface area contributed by atoms with Crippen LogP contribution in [0.25, 0.3) is 6.08 Å². The molecule has 0 aliphatic carbocycles. The Labute approximate surface area is 164 Å². The highest BCUT2D eigenvalue weighted by molar-refractivity contribution is 7.11. The van der Waals surface area contributed by atoms with Crippen molar-refractivity contribution in [2.24, 2.45) is 11.8 Å². The first-order chi connectivity index (χ1) is 12.9. The van der Waals surface area contributed by atoms with Crippen LogP contribution >= 0.6 is 11.3 Å². The summed E-state index contributed by atoms with van der Waals surface area (Å²) in [5.74, 6) is 2.20. The number of nitrogens with zero attached hydrogens (tertiary/aromatic N) is 1. The summed E-state index contributed by atoms with van der Waals surface area (Å²) in [6.07, 6.45) is 3.05. The summed E-state index contributed by atoms with van der Waals surface area (Å²) < 4.78 is 5.99. The van der Waals surface area contributed by atoms with E-state index in [2.05, 4.69) is 18.7 Å². The summed E-state index contributed by atoms with van der Waals surface area (Å²) in [6.45, 7) is 9.15. The lowest BCUT2D eigenvalue weighted by Crippen LogP contribution is -2.38. The van der Waals surface area contributed by atoms with E-state index in [1.54, 1.807) is 23.5 Å². The number of aromatic hydroxyl groups is 1. The van der Waals surface area contributed by atoms with Gasteiger partial charge in [-0.05, 0) is 54.3 Å². The number of ketones is 1. The van der Waals surface area contributed by atoms with Gasteiger partial charge in [-0.1, -0.05) is 13.8 Å². The second kappa shape index (κ2) is 7.13. The summed E-state index contributed by atoms with van der Waals surface area (Å²) in [7, 11) is 0. The van der Waals surface area contributed by atoms with E-state index in [9.17, 15) is 9.90 Å². The molecule has 2 aromatic rings. The molecule has 0 spiro atoms. The topological polar surface area (TPSA) is 49.8 Å². The molecule has 1 aromatic carbocycles. The Kier molecular flexibility index (Phi) is 4.82. The van der Waals surface area contributed by atoms with E-state index in [1.807, 2.05) is 24.4 Å². The molecule has 5 heteroatoms. The number of aryl methyl sites for hydroxylation is 1. The number of phenolic OH excluding ortho intramolecular Hbond substituents is 1. The number of thiophene rings is 1. The minimum absolute atomic E-state index is 0.112. The first kappa shape index (κ1) is 18.3. The van der Waals surface area contributed by atoms with Crippen molar-refractivity contribution in [3.8, 4) is 11.5 Å². The maximum Gasteiger partial charge on any atom is 0.232 e. The maximum atomic E-state index is 12.8. The number of ether oxygens (including phenoxy) is 1. The number of likely N-dealkylation sites (tertiary alicyclic amines) is 1. The third kappa shape index (κ3) is 3.54. The number of hydrogen-bond acceptors (Lipinski definition) is 5. The number of carbonyl (C=O) groups is 1. The van der Waals surface area contributed by atoms with Crippen LogP contribution in [0, 0.1) is 18.8 Å². The summed E-state index contributed by atoms with van der Waals surface area (Å²) in [5.41, 5.74) is 2.38. The standard InChI is InChI=1S/C22H25NO3S/c1-13-8-14(2)11-23(10-13)12-17-18(24)5-4-16-21(25)19(26-22(16)17)9-20-15(3)6-7-27-20/h4-7,9,13-14,24H,8,10-12H2,1-3H3/t13-,14-/m0/s1. The van der Waals surface area contributed by atoms with E-state index in [-0.39, 0.29) is 11.5 Å². The molecule has 0 radical (unpaired) electrons. The highest BCUT2D eigenvalue weighted by Crippen LogP contribution is 2.41. The minimum Gasteiger partial charge on any atom is -0.507 e. The molecule has 142 valence electrons. The van der Waals surface area contributed by atoms with Gasteiger partial charge >= 0.3 is 0 Å². The average molecular weight is 384 g/mol. The van der Waals surface area contributed by atoms with Crippen LogP contribution in [0.2, 0.25) is 0 Å². The van der Waals surface area contributed by atoms with Gasteiger partial charge in [-0.3, -0.25) is 9.69 Å². The molecule has 1 N–H and O–H groups in total. The van der Waals surface area contributed by atoms with Crippen LogP contribution in [0.15, 0.2) is 29.3 Å². The zero-order valence-corrected chi connectivity index (χ0v) is 16.8. The normalized spacial score (nSPS) is 24.3. The fourth-order valence-electron chi connectivity index (χ4n) is 4.25. The smallest absolute Gasteiger partial charge is 0.232 e. The van der Waals surface area contributed by atoms with E-state index in [0.29, 0.717) is 41.0 Å². The van der Waals surface area contributed by atoms with E-state index < -0.39 is 0 Å². The third-order valence-electron chi connectivity index (χ3n) is 5.41. The number of allylic oxidation sites excluding steroid dienone is 1. The number of phenols is 1. The molecule has 2 aliphatic heterocycles. The molecule has 3 heterocycles. The van der Waals surface area contributed by atoms with E-state index in [1.165, 1.54) is 6.42 Å². The summed E-state index contributed by atoms with van der Waals surface area (Å²) >= 11 is 1.59. The van der Waals surface area contributed by atoms with Crippen molar-refractivity contribution in [3.05, 3.63) is 50.9 Å². The fourth-order valence-corrected chi connectivity index (χ4v) is 5.09. The molecule has 0 amide bonds. The van der Waals surface area contributed by atoms with Gasteiger partial charge in [-0.25, -0.2) is 0 Å². The van der Waals surface area contributed by atoms with Gasteiger partial charge in [0.2, 0.25) is 5.78 Å². The van der Waals surface area contributed by atoms with Gasteiger partial charge in [-0.15, -0.1) is 11.3 Å². The predicted molar refractivity (Wildman–Crippen MR) is 108 cm³/mol. The monoisotopic (exact) mass is 383 g/mol. The van der Waals surface area contributed by atoms with Crippen LogP contribution in [0.5, 0.6) is 11.5 Å². The molecule has 0 bridgehead atoms. The lowest BCUT2D eigenvalue weighted by Gasteiger charge is -2.35. The van der Waals surface area contributed by atoms with Crippen LogP contribution in [0.1, 0.15) is 46.6 Å². The van der Waals surface area contributed by atoms with Crippen LogP contribution in [-0.2, 0) is 6.54 Å². The number of fused-ring (bicyclic) bond motifs is 1. The van der Waals surface area contributed by atoms with E-state index in [4.69, 9.17) is 4.74 Å². The van der Waals surface area contributed by atoms with Gasteiger partial charge in [0.25, 0.3) is 0 Å². The number of piperidine rings is 1. The SMILES string of the molecule is Cc1ccsc1C=C1Oc2c(ccc(O)c2CN2C[C@@H](C)C[C@H](C)C2)C1=O. The molecule has 4 nitrogen and oxygen atoms in total. The first-order valence-corrected chi connectivity index (χ1v) is 10.4. The van der Waals surface area contributed by atoms with Gasteiger partial charge in [-0.2, -0.15) is 0 Å². The molecule has 0 unspecified atom stereocenters. The van der Waals surface area contributed by atoms with Crippen molar-refractivity contribution in [1.82, 2.24) is 4.90 Å². The van der Waals surface area contributed by atoms with Crippen molar-refractivity contribution in [2.75, 3.05) is 13.1 Å². The molecular formula is C22H25NO3S. The quantitative estimate of drug-likeness (QED) is 0.769. The van der Waals surface area contributed by atoms with Crippen LogP contribution in [-0.4, -0.2) is 28.9 Å². The van der Waals surface area contributed by atoms with Crippen molar-refractivity contribution in [1.29, 1.82) is 0 Å². The van der Waals surface area contributed by atoms with Crippen LogP contribution in [0.3, 0.4) is 0 Å². The molecule has 2 aliphatic rings. The second-order valence-electron chi connectivity index (χ2n) is 7.99. The van der Waals surface area contributed by atoms with Gasteiger partial charge in [0, 0.05) is 30.6 Å². The molecule has 4 rings (SSSR count). The largest absolute Gasteiger partial charge is 0.507 e. The molecular weight excluding hydrogens is 358 g/mol. The summed E-state index contributed by atoms with van der Waals surface area (Å²) in [4.78, 5) is 16.2. The summed E-state index contributed by atoms with van der Waals surface area (Å²) in [6, 6.07) is 5.31. The number of rotatable bonds is 3. The van der Waals surface area contributed by atoms with E-state index >= 15 is 0 Å². The Balaban J connectivity index is 1.65. The molecule has 0 saturated carbocycles. The lowest BCUT2D eigenvalue weighted by molar-refractivity contribution is 0.101. The number of hydrogen-bond donors (Lipinski definition) is 1. The Bertz CT molecular complexity index is 904. The number of carbonyl (C=O) groups excluding carboxylic acids is 1. The highest BCUT2D eigenvalue weighted by Gasteiger charge is 2.32. The zero-order valence-electron chi connectivity index (χ0n) is 16.0. The minimum atomic E-state index is -0.112. The Morgan fingerprint density at radius 3 is 2.67 bits per heavy atom. The lowest BCUT2D eigenvalue weighted by atomic mass is 9.91. The van der Waals surface area contributed by atoms with Gasteiger partial charge < -0.3 is 9.84 Å². The highest BCUT2D eigenvalue weighted by atomic mass is 32.1. The predicted octanol–water partition coefficient (Wildman–Crippen LogP) is 4.86. The molecule has 1 fully saturated rings. The Hall–Kier alpha value is -2.11. The zero-order chi connectivity index (χ0) is 19.1.